The zero-order valence-electron chi connectivity index (χ0n) is 17.3. The average Bonchev–Trinajstić information content (AvgIpc) is 2.78. The molecule has 0 saturated carbocycles. The van der Waals surface area contributed by atoms with Gasteiger partial charge >= 0.3 is 29.6 Å². The van der Waals surface area contributed by atoms with Crippen LogP contribution in [0, 0.1) is 0 Å². The Bertz CT molecular complexity index is 781. The summed E-state index contributed by atoms with van der Waals surface area (Å²) in [5, 5.41) is 7.57. The van der Waals surface area contributed by atoms with Gasteiger partial charge in [0, 0.05) is 6.61 Å². The molecule has 29 heavy (non-hydrogen) atoms. The smallest absolute Gasteiger partial charge is 0.397 e. The minimum atomic E-state index is -1.22. The molecule has 1 N–H and O–H groups in total. The Morgan fingerprint density at radius 2 is 0.655 bits per heavy atom. The Hall–Kier alpha value is -2.10. The van der Waals surface area contributed by atoms with Crippen molar-refractivity contribution in [2.45, 2.75) is 6.92 Å². The molecule has 0 amide bonds. The van der Waals surface area contributed by atoms with Crippen LogP contribution in [-0.4, -0.2) is 17.9 Å². The molecule has 0 saturated heterocycles. The van der Waals surface area contributed by atoms with Crippen molar-refractivity contribution in [2.75, 3.05) is 6.61 Å². The monoisotopic (exact) mass is 388 g/mol. The van der Waals surface area contributed by atoms with E-state index in [0.717, 1.165) is 0 Å². The third kappa shape index (κ3) is 5.09. The Morgan fingerprint density at radius 1 is 0.483 bits per heavy atom. The first-order chi connectivity index (χ1) is 13.8. The molecule has 0 spiro atoms. The van der Waals surface area contributed by atoms with Crippen molar-refractivity contribution in [3.05, 3.63) is 121 Å². The summed E-state index contributed by atoms with van der Waals surface area (Å²) in [5.41, 5.74) is 5.36. The van der Waals surface area contributed by atoms with Crippen LogP contribution in [0.15, 0.2) is 121 Å². The van der Waals surface area contributed by atoms with Crippen LogP contribution >= 0.6 is 0 Å². The van der Waals surface area contributed by atoms with Gasteiger partial charge in [-0.3, -0.25) is 0 Å². The molecular formula is C26H26BNaO. The molecular weight excluding hydrogens is 362 g/mol. The second-order valence-electron chi connectivity index (χ2n) is 6.82. The summed E-state index contributed by atoms with van der Waals surface area (Å²) in [7, 11) is 0. The zero-order chi connectivity index (χ0) is 19.7. The van der Waals surface area contributed by atoms with Crippen molar-refractivity contribution in [3.63, 3.8) is 0 Å². The maximum atomic E-state index is 7.57. The summed E-state index contributed by atoms with van der Waals surface area (Å²) in [6.07, 6.45) is -1.22. The number of aliphatic hydroxyl groups is 1. The van der Waals surface area contributed by atoms with Crippen LogP contribution < -0.4 is 51.4 Å². The first-order valence-corrected chi connectivity index (χ1v) is 9.82. The van der Waals surface area contributed by atoms with E-state index in [0.29, 0.717) is 0 Å². The summed E-state index contributed by atoms with van der Waals surface area (Å²) >= 11 is 0. The Balaban J connectivity index is 0.000000708. The van der Waals surface area contributed by atoms with Crippen LogP contribution in [0.2, 0.25) is 0 Å². The maximum absolute atomic E-state index is 7.57. The van der Waals surface area contributed by atoms with E-state index in [-0.39, 0.29) is 36.2 Å². The summed E-state index contributed by atoms with van der Waals surface area (Å²) < 4.78 is 0. The van der Waals surface area contributed by atoms with Crippen LogP contribution in [0.3, 0.4) is 0 Å². The molecule has 4 aromatic carbocycles. The molecule has 4 aromatic rings. The number of aliphatic hydroxyl groups excluding tert-OH is 1. The van der Waals surface area contributed by atoms with Crippen LogP contribution in [0.4, 0.5) is 0 Å². The molecule has 0 atom stereocenters. The van der Waals surface area contributed by atoms with Gasteiger partial charge in [0.05, 0.1) is 0 Å². The third-order valence-corrected chi connectivity index (χ3v) is 5.20. The average molecular weight is 388 g/mol. The SMILES string of the molecule is CCO.[Na+].c1ccc([B-](c2ccccc2)(c2ccccc2)c2ccccc2)cc1. The summed E-state index contributed by atoms with van der Waals surface area (Å²) in [6.45, 7) is 1.93. The Kier molecular flexibility index (Phi) is 9.43. The van der Waals surface area contributed by atoms with E-state index in [4.69, 9.17) is 5.11 Å². The van der Waals surface area contributed by atoms with Gasteiger partial charge in [0.25, 0.3) is 0 Å². The maximum Gasteiger partial charge on any atom is 1.00 e. The fourth-order valence-corrected chi connectivity index (χ4v) is 4.12. The largest absolute Gasteiger partial charge is 1.00 e. The van der Waals surface area contributed by atoms with Gasteiger partial charge < -0.3 is 5.11 Å². The number of hydrogen-bond donors (Lipinski definition) is 1. The summed E-state index contributed by atoms with van der Waals surface area (Å²) in [4.78, 5) is 0. The van der Waals surface area contributed by atoms with Gasteiger partial charge in [0.2, 0.25) is 0 Å². The molecule has 0 unspecified atom stereocenters. The van der Waals surface area contributed by atoms with Gasteiger partial charge in [-0.15, -0.1) is 0 Å². The van der Waals surface area contributed by atoms with Gasteiger partial charge in [0.1, 0.15) is 6.15 Å². The van der Waals surface area contributed by atoms with E-state index in [1.54, 1.807) is 6.92 Å². The van der Waals surface area contributed by atoms with Crippen LogP contribution in [0.1, 0.15) is 6.92 Å². The first kappa shape index (κ1) is 23.2. The minimum absolute atomic E-state index is 0. The first-order valence-electron chi connectivity index (χ1n) is 9.82. The van der Waals surface area contributed by atoms with Gasteiger partial charge in [-0.05, 0) is 6.92 Å². The molecule has 4 rings (SSSR count). The van der Waals surface area contributed by atoms with Crippen molar-refractivity contribution >= 4 is 28.0 Å². The number of benzene rings is 4. The molecule has 0 aliphatic carbocycles. The topological polar surface area (TPSA) is 20.2 Å². The van der Waals surface area contributed by atoms with Crippen LogP contribution in [0.5, 0.6) is 0 Å². The number of hydrogen-bond acceptors (Lipinski definition) is 1. The van der Waals surface area contributed by atoms with E-state index in [1.165, 1.54) is 21.9 Å². The second kappa shape index (κ2) is 11.8. The van der Waals surface area contributed by atoms with Crippen molar-refractivity contribution in [3.8, 4) is 0 Å². The van der Waals surface area contributed by atoms with Crippen LogP contribution in [-0.2, 0) is 0 Å². The van der Waals surface area contributed by atoms with Gasteiger partial charge in [0.15, 0.2) is 0 Å². The van der Waals surface area contributed by atoms with Gasteiger partial charge in [-0.1, -0.05) is 121 Å². The summed E-state index contributed by atoms with van der Waals surface area (Å²) in [5.74, 6) is 0. The Labute approximate surface area is 196 Å². The molecule has 3 heteroatoms. The van der Waals surface area contributed by atoms with Gasteiger partial charge in [-0.2, -0.15) is 21.9 Å². The van der Waals surface area contributed by atoms with E-state index >= 15 is 0 Å². The van der Waals surface area contributed by atoms with E-state index in [9.17, 15) is 0 Å². The fraction of sp³-hybridized carbons (Fsp3) is 0.0769. The molecule has 0 fully saturated rings. The van der Waals surface area contributed by atoms with Crippen molar-refractivity contribution < 1.29 is 34.7 Å². The zero-order valence-corrected chi connectivity index (χ0v) is 19.3. The van der Waals surface area contributed by atoms with E-state index < -0.39 is 6.15 Å². The van der Waals surface area contributed by atoms with E-state index in [2.05, 4.69) is 121 Å². The van der Waals surface area contributed by atoms with Gasteiger partial charge in [-0.25, -0.2) is 0 Å². The van der Waals surface area contributed by atoms with Crippen molar-refractivity contribution in [2.24, 2.45) is 0 Å². The molecule has 0 radical (unpaired) electrons. The van der Waals surface area contributed by atoms with Crippen LogP contribution in [0.25, 0.3) is 0 Å². The Morgan fingerprint density at radius 3 is 0.828 bits per heavy atom. The number of rotatable bonds is 4. The molecule has 0 aliphatic heterocycles. The minimum Gasteiger partial charge on any atom is -0.397 e. The second-order valence-corrected chi connectivity index (χ2v) is 6.82. The molecule has 140 valence electrons. The van der Waals surface area contributed by atoms with Crippen molar-refractivity contribution in [1.82, 2.24) is 0 Å². The van der Waals surface area contributed by atoms with E-state index in [1.807, 2.05) is 0 Å². The molecule has 0 heterocycles. The molecule has 0 bridgehead atoms. The molecule has 0 aromatic heterocycles. The quantitative estimate of drug-likeness (QED) is 0.491. The molecule has 0 aliphatic rings. The normalized spacial score (nSPS) is 10.3. The fourth-order valence-electron chi connectivity index (χ4n) is 4.12. The third-order valence-electron chi connectivity index (χ3n) is 5.20. The standard InChI is InChI=1S/C24H20B.C2H6O.Na/c1-5-13-21(14-6-1)25(22-15-7-2-8-16-22,23-17-9-3-10-18-23)24-19-11-4-12-20-24;1-2-3;/h1-20H;3H,2H2,1H3;/q-1;;+1. The predicted octanol–water partition coefficient (Wildman–Crippen LogP) is 0.0666. The van der Waals surface area contributed by atoms with Crippen molar-refractivity contribution in [1.29, 1.82) is 0 Å². The summed E-state index contributed by atoms with van der Waals surface area (Å²) in [6, 6.07) is 43.5. The predicted molar refractivity (Wildman–Crippen MR) is 123 cm³/mol. The molecule has 1 nitrogen and oxygen atoms in total.